The summed E-state index contributed by atoms with van der Waals surface area (Å²) < 4.78 is 0. The van der Waals surface area contributed by atoms with Crippen molar-refractivity contribution in [2.24, 2.45) is 0 Å². The molecule has 11 heavy (non-hydrogen) atoms. The van der Waals surface area contributed by atoms with Crippen LogP contribution in [0.2, 0.25) is 0 Å². The van der Waals surface area contributed by atoms with Gasteiger partial charge < -0.3 is 10.2 Å². The average Bonchev–Trinajstić information content (AvgIpc) is 2.58. The maximum atomic E-state index is 10.4. The number of carboxylic acids is 1. The van der Waals surface area contributed by atoms with Crippen LogP contribution in [-0.2, 0) is 4.79 Å². The summed E-state index contributed by atoms with van der Waals surface area (Å²) in [5.74, 6) is -0.934. The fraction of sp³-hybridized carbons (Fsp3) is 0.286. The monoisotopic (exact) mass is 170 g/mol. The Hall–Kier alpha value is -0.740. The Bertz CT molecular complexity index is 281. The highest BCUT2D eigenvalue weighted by Gasteiger charge is 2.52. The molecular formula is C7H6O3S. The quantitative estimate of drug-likeness (QED) is 0.558. The summed E-state index contributed by atoms with van der Waals surface area (Å²) in [6, 6.07) is 0. The number of carbonyl (C=O) groups is 1. The van der Waals surface area contributed by atoms with Crippen LogP contribution < -0.4 is 0 Å². The molecule has 0 aromatic rings. The number of rotatable bonds is 1. The standard InChI is InChI=1S/C7H6O3S/c8-6(9)4-1-2-7(10)5(3-4)11-7/h1-3,5,10H,(H,8,9). The van der Waals surface area contributed by atoms with Gasteiger partial charge in [-0.3, -0.25) is 0 Å². The van der Waals surface area contributed by atoms with Crippen LogP contribution in [0.15, 0.2) is 23.8 Å². The van der Waals surface area contributed by atoms with E-state index in [2.05, 4.69) is 0 Å². The fourth-order valence-electron chi connectivity index (χ4n) is 1.03. The second-order valence-electron chi connectivity index (χ2n) is 2.55. The van der Waals surface area contributed by atoms with Crippen LogP contribution in [-0.4, -0.2) is 26.4 Å². The van der Waals surface area contributed by atoms with Gasteiger partial charge in [0.05, 0.1) is 10.8 Å². The Labute approximate surface area is 67.4 Å². The highest BCUT2D eigenvalue weighted by Crippen LogP contribution is 2.55. The second-order valence-corrected chi connectivity index (χ2v) is 3.95. The average molecular weight is 170 g/mol. The lowest BCUT2D eigenvalue weighted by atomic mass is 10.1. The van der Waals surface area contributed by atoms with Gasteiger partial charge in [0.25, 0.3) is 0 Å². The van der Waals surface area contributed by atoms with Crippen molar-refractivity contribution in [3.05, 3.63) is 23.8 Å². The lowest BCUT2D eigenvalue weighted by Crippen LogP contribution is -2.13. The van der Waals surface area contributed by atoms with Gasteiger partial charge in [0.1, 0.15) is 4.93 Å². The Kier molecular flexibility index (Phi) is 1.20. The lowest BCUT2D eigenvalue weighted by molar-refractivity contribution is -0.132. The molecule has 2 N–H and O–H groups in total. The van der Waals surface area contributed by atoms with Crippen LogP contribution in [0.4, 0.5) is 0 Å². The van der Waals surface area contributed by atoms with E-state index in [1.54, 1.807) is 6.08 Å². The summed E-state index contributed by atoms with van der Waals surface area (Å²) in [5, 5.41) is 17.9. The molecule has 1 fully saturated rings. The van der Waals surface area contributed by atoms with E-state index in [0.717, 1.165) is 0 Å². The molecule has 1 heterocycles. The zero-order valence-corrected chi connectivity index (χ0v) is 6.34. The zero-order chi connectivity index (χ0) is 8.06. The van der Waals surface area contributed by atoms with Crippen molar-refractivity contribution in [3.8, 4) is 0 Å². The third-order valence-corrected chi connectivity index (χ3v) is 3.01. The maximum Gasteiger partial charge on any atom is 0.335 e. The van der Waals surface area contributed by atoms with Crippen LogP contribution in [0.5, 0.6) is 0 Å². The van der Waals surface area contributed by atoms with Gasteiger partial charge in [-0.25, -0.2) is 4.79 Å². The largest absolute Gasteiger partial charge is 0.478 e. The smallest absolute Gasteiger partial charge is 0.335 e. The predicted octanol–water partition coefficient (Wildman–Crippen LogP) is 0.371. The molecule has 1 aliphatic heterocycles. The van der Waals surface area contributed by atoms with Gasteiger partial charge in [0.15, 0.2) is 0 Å². The van der Waals surface area contributed by atoms with Gasteiger partial charge in [0.2, 0.25) is 0 Å². The Balaban J connectivity index is 2.25. The van der Waals surface area contributed by atoms with Gasteiger partial charge in [-0.2, -0.15) is 0 Å². The van der Waals surface area contributed by atoms with Gasteiger partial charge in [-0.05, 0) is 12.2 Å². The molecule has 0 aromatic carbocycles. The van der Waals surface area contributed by atoms with E-state index in [1.165, 1.54) is 23.9 Å². The molecule has 0 aromatic heterocycles. The van der Waals surface area contributed by atoms with E-state index >= 15 is 0 Å². The first kappa shape index (κ1) is 6.94. The number of carboxylic acid groups (broad SMARTS) is 1. The molecule has 0 radical (unpaired) electrons. The minimum absolute atomic E-state index is 0.0430. The lowest BCUT2D eigenvalue weighted by Gasteiger charge is -2.04. The highest BCUT2D eigenvalue weighted by molar-refractivity contribution is 8.08. The minimum atomic E-state index is -0.934. The van der Waals surface area contributed by atoms with E-state index in [1.807, 2.05) is 0 Å². The summed E-state index contributed by atoms with van der Waals surface area (Å²) >= 11 is 1.35. The normalized spacial score (nSPS) is 39.4. The molecule has 3 nitrogen and oxygen atoms in total. The maximum absolute atomic E-state index is 10.4. The Morgan fingerprint density at radius 2 is 2.45 bits per heavy atom. The van der Waals surface area contributed by atoms with Crippen LogP contribution >= 0.6 is 11.8 Å². The molecule has 2 unspecified atom stereocenters. The second kappa shape index (κ2) is 1.89. The van der Waals surface area contributed by atoms with Crippen molar-refractivity contribution in [3.63, 3.8) is 0 Å². The fourth-order valence-corrected chi connectivity index (χ4v) is 1.87. The first-order valence-electron chi connectivity index (χ1n) is 3.16. The summed E-state index contributed by atoms with van der Waals surface area (Å²) in [4.78, 5) is 9.62. The first-order valence-corrected chi connectivity index (χ1v) is 4.04. The van der Waals surface area contributed by atoms with E-state index < -0.39 is 10.9 Å². The van der Waals surface area contributed by atoms with E-state index in [0.29, 0.717) is 0 Å². The van der Waals surface area contributed by atoms with Crippen molar-refractivity contribution in [2.75, 3.05) is 0 Å². The summed E-state index contributed by atoms with van der Waals surface area (Å²) in [5.41, 5.74) is 0.268. The number of fused-ring (bicyclic) bond motifs is 1. The van der Waals surface area contributed by atoms with E-state index in [-0.39, 0.29) is 10.8 Å². The van der Waals surface area contributed by atoms with Crippen molar-refractivity contribution >= 4 is 17.7 Å². The predicted molar refractivity (Wildman–Crippen MR) is 41.2 cm³/mol. The molecule has 58 valence electrons. The molecule has 0 bridgehead atoms. The summed E-state index contributed by atoms with van der Waals surface area (Å²) in [7, 11) is 0. The molecule has 1 saturated heterocycles. The minimum Gasteiger partial charge on any atom is -0.478 e. The molecule has 4 heteroatoms. The zero-order valence-electron chi connectivity index (χ0n) is 5.52. The van der Waals surface area contributed by atoms with Crippen molar-refractivity contribution in [1.29, 1.82) is 0 Å². The van der Waals surface area contributed by atoms with Crippen molar-refractivity contribution in [1.82, 2.24) is 0 Å². The van der Waals surface area contributed by atoms with Gasteiger partial charge in [-0.15, -0.1) is 11.8 Å². The SMILES string of the molecule is O=C(O)C1=CC2SC2(O)C=C1. The molecule has 1 aliphatic carbocycles. The highest BCUT2D eigenvalue weighted by atomic mass is 32.2. The Morgan fingerprint density at radius 3 is 3.00 bits per heavy atom. The molecule has 2 atom stereocenters. The molecular weight excluding hydrogens is 164 g/mol. The van der Waals surface area contributed by atoms with Gasteiger partial charge in [-0.1, -0.05) is 6.08 Å². The van der Waals surface area contributed by atoms with Crippen molar-refractivity contribution < 1.29 is 15.0 Å². The summed E-state index contributed by atoms with van der Waals surface area (Å²) in [6.45, 7) is 0. The number of thioether (sulfide) groups is 1. The number of aliphatic carboxylic acids is 1. The topological polar surface area (TPSA) is 57.5 Å². The first-order chi connectivity index (χ1) is 5.12. The molecule has 0 spiro atoms. The summed E-state index contributed by atoms with van der Waals surface area (Å²) in [6.07, 6.45) is 4.55. The van der Waals surface area contributed by atoms with E-state index in [9.17, 15) is 9.90 Å². The third-order valence-electron chi connectivity index (χ3n) is 1.75. The molecule has 0 saturated carbocycles. The van der Waals surface area contributed by atoms with E-state index in [4.69, 9.17) is 5.11 Å². The molecule has 0 amide bonds. The van der Waals surface area contributed by atoms with Crippen LogP contribution in [0.25, 0.3) is 0 Å². The van der Waals surface area contributed by atoms with Crippen LogP contribution in [0.1, 0.15) is 0 Å². The Morgan fingerprint density at radius 1 is 1.73 bits per heavy atom. The number of hydrogen-bond donors (Lipinski definition) is 2. The van der Waals surface area contributed by atoms with Crippen LogP contribution in [0.3, 0.4) is 0 Å². The number of hydrogen-bond acceptors (Lipinski definition) is 3. The van der Waals surface area contributed by atoms with Gasteiger partial charge in [0, 0.05) is 0 Å². The third kappa shape index (κ3) is 0.985. The molecule has 2 rings (SSSR count). The van der Waals surface area contributed by atoms with Crippen molar-refractivity contribution in [2.45, 2.75) is 10.2 Å². The number of aliphatic hydroxyl groups is 1. The molecule has 2 aliphatic rings. The van der Waals surface area contributed by atoms with Gasteiger partial charge >= 0.3 is 5.97 Å². The van der Waals surface area contributed by atoms with Crippen LogP contribution in [0, 0.1) is 0 Å².